The molecule has 1 saturated heterocycles. The SMILES string of the molecule is CCN1CCCCC1Cc1ncc2n1CC(N)CC2. The third-order valence-electron chi connectivity index (χ3n) is 4.78. The van der Waals surface area contributed by atoms with Crippen LogP contribution in [0.15, 0.2) is 6.20 Å². The Hall–Kier alpha value is -0.870. The molecule has 4 heteroatoms. The lowest BCUT2D eigenvalue weighted by atomic mass is 9.98. The van der Waals surface area contributed by atoms with E-state index >= 15 is 0 Å². The second-order valence-electron chi connectivity index (χ2n) is 6.06. The van der Waals surface area contributed by atoms with E-state index in [4.69, 9.17) is 5.73 Å². The van der Waals surface area contributed by atoms with Crippen LogP contribution in [0.1, 0.15) is 44.1 Å². The van der Waals surface area contributed by atoms with Gasteiger partial charge in [-0.15, -0.1) is 0 Å². The molecule has 4 nitrogen and oxygen atoms in total. The van der Waals surface area contributed by atoms with Gasteiger partial charge >= 0.3 is 0 Å². The molecular formula is C15H26N4. The molecule has 1 fully saturated rings. The molecule has 106 valence electrons. The minimum Gasteiger partial charge on any atom is -0.330 e. The van der Waals surface area contributed by atoms with Gasteiger partial charge in [0, 0.05) is 36.9 Å². The molecule has 0 spiro atoms. The van der Waals surface area contributed by atoms with Gasteiger partial charge in [-0.1, -0.05) is 13.3 Å². The second-order valence-corrected chi connectivity index (χ2v) is 6.06. The molecule has 0 bridgehead atoms. The summed E-state index contributed by atoms with van der Waals surface area (Å²) in [6.07, 6.45) is 9.41. The number of rotatable bonds is 3. The summed E-state index contributed by atoms with van der Waals surface area (Å²) in [5, 5.41) is 0. The third-order valence-corrected chi connectivity index (χ3v) is 4.78. The van der Waals surface area contributed by atoms with Gasteiger partial charge in [-0.3, -0.25) is 0 Å². The highest BCUT2D eigenvalue weighted by atomic mass is 15.2. The van der Waals surface area contributed by atoms with Crippen molar-refractivity contribution in [1.82, 2.24) is 14.5 Å². The van der Waals surface area contributed by atoms with E-state index in [2.05, 4.69) is 27.6 Å². The van der Waals surface area contributed by atoms with E-state index in [1.807, 2.05) is 0 Å². The standard InChI is InChI=1S/C15H26N4/c1-2-18-8-4-3-5-13(18)9-15-17-10-14-7-6-12(16)11-19(14)15/h10,12-13H,2-9,11,16H2,1H3. The summed E-state index contributed by atoms with van der Waals surface area (Å²) in [6, 6.07) is 0.998. The Kier molecular flexibility index (Phi) is 3.89. The molecule has 1 aromatic rings. The first-order valence-electron chi connectivity index (χ1n) is 7.81. The first-order chi connectivity index (χ1) is 9.28. The van der Waals surface area contributed by atoms with Crippen molar-refractivity contribution < 1.29 is 0 Å². The van der Waals surface area contributed by atoms with Crippen molar-refractivity contribution in [1.29, 1.82) is 0 Å². The van der Waals surface area contributed by atoms with E-state index in [9.17, 15) is 0 Å². The van der Waals surface area contributed by atoms with E-state index in [-0.39, 0.29) is 0 Å². The van der Waals surface area contributed by atoms with Crippen molar-refractivity contribution >= 4 is 0 Å². The zero-order valence-electron chi connectivity index (χ0n) is 12.0. The van der Waals surface area contributed by atoms with E-state index in [0.717, 1.165) is 32.4 Å². The largest absolute Gasteiger partial charge is 0.330 e. The number of hydrogen-bond donors (Lipinski definition) is 1. The molecule has 3 rings (SSSR count). The van der Waals surface area contributed by atoms with Crippen LogP contribution in [-0.2, 0) is 19.4 Å². The van der Waals surface area contributed by atoms with Crippen LogP contribution < -0.4 is 5.73 Å². The van der Waals surface area contributed by atoms with Crippen LogP contribution in [-0.4, -0.2) is 39.6 Å². The van der Waals surface area contributed by atoms with Crippen molar-refractivity contribution in [3.63, 3.8) is 0 Å². The summed E-state index contributed by atoms with van der Waals surface area (Å²) in [5.41, 5.74) is 7.49. The summed E-state index contributed by atoms with van der Waals surface area (Å²) in [4.78, 5) is 7.29. The molecule has 2 unspecified atom stereocenters. The Labute approximate surface area is 116 Å². The van der Waals surface area contributed by atoms with E-state index in [0.29, 0.717) is 12.1 Å². The molecule has 0 aromatic carbocycles. The van der Waals surface area contributed by atoms with Gasteiger partial charge in [0.05, 0.1) is 0 Å². The molecule has 0 aliphatic carbocycles. The Morgan fingerprint density at radius 1 is 1.37 bits per heavy atom. The maximum atomic E-state index is 6.11. The number of fused-ring (bicyclic) bond motifs is 1. The first-order valence-corrected chi connectivity index (χ1v) is 7.81. The molecule has 0 saturated carbocycles. The summed E-state index contributed by atoms with van der Waals surface area (Å²) in [7, 11) is 0. The van der Waals surface area contributed by atoms with Crippen molar-refractivity contribution in [3.05, 3.63) is 17.7 Å². The molecule has 2 atom stereocenters. The van der Waals surface area contributed by atoms with Crippen molar-refractivity contribution in [2.75, 3.05) is 13.1 Å². The fraction of sp³-hybridized carbons (Fsp3) is 0.800. The van der Waals surface area contributed by atoms with Crippen LogP contribution in [0.4, 0.5) is 0 Å². The second kappa shape index (κ2) is 5.63. The summed E-state index contributed by atoms with van der Waals surface area (Å²) >= 11 is 0. The maximum Gasteiger partial charge on any atom is 0.110 e. The number of piperidine rings is 1. The number of nitrogens with two attached hydrogens (primary N) is 1. The van der Waals surface area contributed by atoms with Crippen LogP contribution in [0.2, 0.25) is 0 Å². The minimum atomic E-state index is 0.314. The third kappa shape index (κ3) is 2.70. The molecule has 3 heterocycles. The van der Waals surface area contributed by atoms with Crippen LogP contribution in [0.3, 0.4) is 0 Å². The number of imidazole rings is 1. The predicted octanol–water partition coefficient (Wildman–Crippen LogP) is 1.57. The smallest absolute Gasteiger partial charge is 0.110 e. The van der Waals surface area contributed by atoms with Crippen molar-refractivity contribution in [2.24, 2.45) is 5.73 Å². The lowest BCUT2D eigenvalue weighted by molar-refractivity contribution is 0.152. The van der Waals surface area contributed by atoms with Gasteiger partial charge in [-0.25, -0.2) is 4.98 Å². The molecule has 2 aliphatic rings. The number of nitrogens with zero attached hydrogens (tertiary/aromatic N) is 3. The normalized spacial score (nSPS) is 28.3. The fourth-order valence-electron chi connectivity index (χ4n) is 3.62. The average Bonchev–Trinajstić information content (AvgIpc) is 2.82. The topological polar surface area (TPSA) is 47.1 Å². The first kappa shape index (κ1) is 13.1. The number of aryl methyl sites for hydroxylation is 1. The Bertz CT molecular complexity index is 426. The average molecular weight is 262 g/mol. The van der Waals surface area contributed by atoms with E-state index in [1.54, 1.807) is 0 Å². The summed E-state index contributed by atoms with van der Waals surface area (Å²) < 4.78 is 2.39. The van der Waals surface area contributed by atoms with Crippen LogP contribution >= 0.6 is 0 Å². The van der Waals surface area contributed by atoms with Crippen LogP contribution in [0.25, 0.3) is 0 Å². The van der Waals surface area contributed by atoms with Gasteiger partial charge in [0.15, 0.2) is 0 Å². The highest BCUT2D eigenvalue weighted by Crippen LogP contribution is 2.22. The maximum absolute atomic E-state index is 6.11. The molecule has 2 N–H and O–H groups in total. The molecule has 1 aromatic heterocycles. The Morgan fingerprint density at radius 2 is 2.26 bits per heavy atom. The lowest BCUT2D eigenvalue weighted by Crippen LogP contribution is -2.41. The quantitative estimate of drug-likeness (QED) is 0.899. The van der Waals surface area contributed by atoms with Gasteiger partial charge in [-0.2, -0.15) is 0 Å². The molecule has 0 amide bonds. The van der Waals surface area contributed by atoms with E-state index < -0.39 is 0 Å². The summed E-state index contributed by atoms with van der Waals surface area (Å²) in [5.74, 6) is 1.26. The molecular weight excluding hydrogens is 236 g/mol. The fourth-order valence-corrected chi connectivity index (χ4v) is 3.62. The van der Waals surface area contributed by atoms with Gasteiger partial charge < -0.3 is 15.2 Å². The van der Waals surface area contributed by atoms with Crippen LogP contribution in [0, 0.1) is 0 Å². The predicted molar refractivity (Wildman–Crippen MR) is 77.1 cm³/mol. The Balaban J connectivity index is 1.74. The van der Waals surface area contributed by atoms with Crippen molar-refractivity contribution in [3.8, 4) is 0 Å². The highest BCUT2D eigenvalue weighted by molar-refractivity contribution is 5.10. The number of likely N-dealkylation sites (tertiary alicyclic amines) is 1. The minimum absolute atomic E-state index is 0.314. The number of likely N-dealkylation sites (N-methyl/N-ethyl adjacent to an activating group) is 1. The highest BCUT2D eigenvalue weighted by Gasteiger charge is 2.25. The van der Waals surface area contributed by atoms with Gasteiger partial charge in [0.2, 0.25) is 0 Å². The molecule has 0 radical (unpaired) electrons. The van der Waals surface area contributed by atoms with Gasteiger partial charge in [0.1, 0.15) is 5.82 Å². The molecule has 2 aliphatic heterocycles. The monoisotopic (exact) mass is 262 g/mol. The van der Waals surface area contributed by atoms with E-state index in [1.165, 1.54) is 37.3 Å². The Morgan fingerprint density at radius 3 is 3.11 bits per heavy atom. The number of hydrogen-bond acceptors (Lipinski definition) is 3. The zero-order chi connectivity index (χ0) is 13.2. The van der Waals surface area contributed by atoms with Gasteiger partial charge in [-0.05, 0) is 38.8 Å². The van der Waals surface area contributed by atoms with Crippen LogP contribution in [0.5, 0.6) is 0 Å². The van der Waals surface area contributed by atoms with Crippen molar-refractivity contribution in [2.45, 2.75) is 64.1 Å². The molecule has 19 heavy (non-hydrogen) atoms. The summed E-state index contributed by atoms with van der Waals surface area (Å²) in [6.45, 7) is 5.66. The lowest BCUT2D eigenvalue weighted by Gasteiger charge is -2.35. The zero-order valence-corrected chi connectivity index (χ0v) is 12.0. The number of aromatic nitrogens is 2. The van der Waals surface area contributed by atoms with Gasteiger partial charge in [0.25, 0.3) is 0 Å².